The van der Waals surface area contributed by atoms with Crippen molar-refractivity contribution in [3.05, 3.63) is 59.2 Å². The Morgan fingerprint density at radius 1 is 0.944 bits per heavy atom. The van der Waals surface area contributed by atoms with E-state index in [1.54, 1.807) is 0 Å². The quantitative estimate of drug-likeness (QED) is 0.638. The topological polar surface area (TPSA) is 74.6 Å². The van der Waals surface area contributed by atoms with Gasteiger partial charge in [-0.2, -0.15) is 0 Å². The van der Waals surface area contributed by atoms with E-state index in [1.165, 1.54) is 42.5 Å². The number of benzene rings is 2. The Kier molecular flexibility index (Phi) is 3.10. The molecule has 0 radical (unpaired) electrons. The van der Waals surface area contributed by atoms with Gasteiger partial charge in [0, 0.05) is 11.1 Å². The highest BCUT2D eigenvalue weighted by atomic mass is 16.3. The third-order valence-corrected chi connectivity index (χ3v) is 2.55. The normalized spacial score (nSPS) is 10.0. The second-order valence-corrected chi connectivity index (χ2v) is 3.77. The van der Waals surface area contributed by atoms with Crippen LogP contribution in [0.3, 0.4) is 0 Å². The van der Waals surface area contributed by atoms with Gasteiger partial charge < -0.3 is 10.2 Å². The number of rotatable bonds is 3. The molecule has 2 rings (SSSR count). The Morgan fingerprint density at radius 3 is 2.17 bits per heavy atom. The highest BCUT2D eigenvalue weighted by Gasteiger charge is 2.11. The third kappa shape index (κ3) is 2.22. The van der Waals surface area contributed by atoms with Crippen molar-refractivity contribution in [1.82, 2.24) is 0 Å². The first kappa shape index (κ1) is 11.9. The van der Waals surface area contributed by atoms with Crippen LogP contribution in [0, 0.1) is 0 Å². The van der Waals surface area contributed by atoms with Crippen molar-refractivity contribution in [3.8, 4) is 11.5 Å². The molecule has 0 spiro atoms. The molecule has 0 saturated heterocycles. The molecule has 0 aliphatic carbocycles. The lowest BCUT2D eigenvalue weighted by Gasteiger charge is -2.03. The summed E-state index contributed by atoms with van der Waals surface area (Å²) >= 11 is 0. The zero-order valence-corrected chi connectivity index (χ0v) is 9.33. The van der Waals surface area contributed by atoms with Crippen molar-refractivity contribution in [3.63, 3.8) is 0 Å². The number of aromatic hydroxyl groups is 2. The van der Waals surface area contributed by atoms with Crippen LogP contribution in [0.1, 0.15) is 26.3 Å². The van der Waals surface area contributed by atoms with Crippen molar-refractivity contribution in [2.75, 3.05) is 0 Å². The van der Waals surface area contributed by atoms with Gasteiger partial charge in [-0.1, -0.05) is 0 Å². The predicted molar refractivity (Wildman–Crippen MR) is 65.0 cm³/mol. The zero-order chi connectivity index (χ0) is 13.1. The lowest BCUT2D eigenvalue weighted by Crippen LogP contribution is -2.01. The van der Waals surface area contributed by atoms with Crippen LogP contribution in [0.4, 0.5) is 0 Å². The summed E-state index contributed by atoms with van der Waals surface area (Å²) in [5.74, 6) is -0.365. The molecule has 0 bridgehead atoms. The van der Waals surface area contributed by atoms with Crippen molar-refractivity contribution >= 4 is 12.1 Å². The maximum atomic E-state index is 12.1. The summed E-state index contributed by atoms with van der Waals surface area (Å²) in [6.07, 6.45) is 0.489. The van der Waals surface area contributed by atoms with E-state index in [2.05, 4.69) is 0 Å². The van der Waals surface area contributed by atoms with Gasteiger partial charge in [0.05, 0.1) is 5.56 Å². The molecule has 0 saturated carbocycles. The van der Waals surface area contributed by atoms with E-state index in [4.69, 9.17) is 5.11 Å². The molecule has 0 aromatic heterocycles. The number of hydrogen-bond donors (Lipinski definition) is 2. The maximum absolute atomic E-state index is 12.1. The molecule has 0 unspecified atom stereocenters. The van der Waals surface area contributed by atoms with E-state index in [9.17, 15) is 14.7 Å². The molecule has 2 aromatic carbocycles. The average Bonchev–Trinajstić information content (AvgIpc) is 2.39. The first-order valence-corrected chi connectivity index (χ1v) is 5.24. The van der Waals surface area contributed by atoms with Crippen LogP contribution < -0.4 is 0 Å². The molecule has 4 nitrogen and oxygen atoms in total. The maximum Gasteiger partial charge on any atom is 0.193 e. The summed E-state index contributed by atoms with van der Waals surface area (Å²) in [5, 5.41) is 18.5. The summed E-state index contributed by atoms with van der Waals surface area (Å²) in [6, 6.07) is 9.88. The molecule has 2 aromatic rings. The fourth-order valence-corrected chi connectivity index (χ4v) is 1.57. The number of phenolic OH excluding ortho intramolecular Hbond substituents is 2. The second-order valence-electron chi connectivity index (χ2n) is 3.77. The van der Waals surface area contributed by atoms with Gasteiger partial charge in [-0.15, -0.1) is 0 Å². The fourth-order valence-electron chi connectivity index (χ4n) is 1.57. The Bertz CT molecular complexity index is 600. The predicted octanol–water partition coefficient (Wildman–Crippen LogP) is 2.14. The van der Waals surface area contributed by atoms with Gasteiger partial charge in [0.1, 0.15) is 11.5 Å². The molecule has 0 aliphatic rings. The smallest absolute Gasteiger partial charge is 0.193 e. The van der Waals surface area contributed by atoms with Crippen LogP contribution >= 0.6 is 0 Å². The second kappa shape index (κ2) is 4.71. The van der Waals surface area contributed by atoms with Crippen LogP contribution in [-0.2, 0) is 0 Å². The number of aldehydes is 1. The molecule has 18 heavy (non-hydrogen) atoms. The van der Waals surface area contributed by atoms with E-state index in [0.717, 1.165) is 0 Å². The summed E-state index contributed by atoms with van der Waals surface area (Å²) in [5.41, 5.74) is 0.774. The summed E-state index contributed by atoms with van der Waals surface area (Å²) in [4.78, 5) is 22.7. The molecule has 4 heteroatoms. The molecule has 0 atom stereocenters. The van der Waals surface area contributed by atoms with E-state index in [0.29, 0.717) is 17.4 Å². The number of hydrogen-bond acceptors (Lipinski definition) is 4. The summed E-state index contributed by atoms with van der Waals surface area (Å²) < 4.78 is 0. The molecule has 2 N–H and O–H groups in total. The first-order valence-electron chi connectivity index (χ1n) is 5.24. The average molecular weight is 242 g/mol. The molecule has 90 valence electrons. The lowest BCUT2D eigenvalue weighted by atomic mass is 10.0. The lowest BCUT2D eigenvalue weighted by molar-refractivity contribution is 0.103. The first-order chi connectivity index (χ1) is 8.61. The minimum atomic E-state index is -0.280. The molecule has 0 aliphatic heterocycles. The number of phenols is 2. The van der Waals surface area contributed by atoms with E-state index < -0.39 is 0 Å². The largest absolute Gasteiger partial charge is 0.508 e. The minimum Gasteiger partial charge on any atom is -0.508 e. The van der Waals surface area contributed by atoms with E-state index >= 15 is 0 Å². The van der Waals surface area contributed by atoms with Gasteiger partial charge in [0.15, 0.2) is 12.1 Å². The van der Waals surface area contributed by atoms with Crippen LogP contribution in [0.2, 0.25) is 0 Å². The van der Waals surface area contributed by atoms with Gasteiger partial charge in [-0.25, -0.2) is 0 Å². The Balaban J connectivity index is 2.39. The molecule has 0 amide bonds. The summed E-state index contributed by atoms with van der Waals surface area (Å²) in [7, 11) is 0. The molecular weight excluding hydrogens is 232 g/mol. The van der Waals surface area contributed by atoms with Crippen LogP contribution in [-0.4, -0.2) is 22.3 Å². The Morgan fingerprint density at radius 2 is 1.56 bits per heavy atom. The van der Waals surface area contributed by atoms with Crippen molar-refractivity contribution < 1.29 is 19.8 Å². The van der Waals surface area contributed by atoms with Crippen LogP contribution in [0.5, 0.6) is 11.5 Å². The number of carbonyl (C=O) groups is 2. The van der Waals surface area contributed by atoms with Gasteiger partial charge in [-0.05, 0) is 42.5 Å². The van der Waals surface area contributed by atoms with Gasteiger partial charge in [0.2, 0.25) is 0 Å². The van der Waals surface area contributed by atoms with E-state index in [-0.39, 0.29) is 22.8 Å². The van der Waals surface area contributed by atoms with Gasteiger partial charge in [0.25, 0.3) is 0 Å². The van der Waals surface area contributed by atoms with Gasteiger partial charge >= 0.3 is 0 Å². The monoisotopic (exact) mass is 242 g/mol. The van der Waals surface area contributed by atoms with Crippen LogP contribution in [0.15, 0.2) is 42.5 Å². The minimum absolute atomic E-state index is 0.0691. The van der Waals surface area contributed by atoms with Crippen molar-refractivity contribution in [2.24, 2.45) is 0 Å². The molecular formula is C14H10O4. The SMILES string of the molecule is O=Cc1cc(C(=O)c2ccc(O)cc2)ccc1O. The van der Waals surface area contributed by atoms with Crippen LogP contribution in [0.25, 0.3) is 0 Å². The fraction of sp³-hybridized carbons (Fsp3) is 0. The van der Waals surface area contributed by atoms with Crippen molar-refractivity contribution in [1.29, 1.82) is 0 Å². The number of carbonyl (C=O) groups excluding carboxylic acids is 2. The summed E-state index contributed by atoms with van der Waals surface area (Å²) in [6.45, 7) is 0. The molecule has 0 fully saturated rings. The Labute approximate surface area is 103 Å². The zero-order valence-electron chi connectivity index (χ0n) is 9.33. The van der Waals surface area contributed by atoms with Gasteiger partial charge in [-0.3, -0.25) is 9.59 Å². The van der Waals surface area contributed by atoms with E-state index in [1.807, 2.05) is 0 Å². The number of ketones is 1. The highest BCUT2D eigenvalue weighted by molar-refractivity contribution is 6.09. The Hall–Kier alpha value is -2.62. The van der Waals surface area contributed by atoms with Crippen molar-refractivity contribution in [2.45, 2.75) is 0 Å². The molecule has 0 heterocycles. The standard InChI is InChI=1S/C14H10O4/c15-8-11-7-10(3-6-13(11)17)14(18)9-1-4-12(16)5-2-9/h1-8,16-17H. The highest BCUT2D eigenvalue weighted by Crippen LogP contribution is 2.19. The third-order valence-electron chi connectivity index (χ3n) is 2.55.